The molecule has 0 aliphatic heterocycles. The third kappa shape index (κ3) is 4.61. The molecular formula is C20H8F12N2O2. The van der Waals surface area contributed by atoms with E-state index in [0.717, 1.165) is 0 Å². The summed E-state index contributed by atoms with van der Waals surface area (Å²) in [5, 5.41) is 0. The van der Waals surface area contributed by atoms with Gasteiger partial charge in [-0.3, -0.25) is 0 Å². The lowest BCUT2D eigenvalue weighted by molar-refractivity contribution is -0.149. The van der Waals surface area contributed by atoms with Crippen LogP contribution >= 0.6 is 0 Å². The van der Waals surface area contributed by atoms with Gasteiger partial charge in [-0.1, -0.05) is 0 Å². The lowest BCUT2D eigenvalue weighted by Gasteiger charge is -2.22. The van der Waals surface area contributed by atoms with Crippen LogP contribution in [0.1, 0.15) is 11.1 Å². The van der Waals surface area contributed by atoms with Crippen LogP contribution in [0.2, 0.25) is 0 Å². The SMILES string of the molecule is Nc1ccc(F)c(Oc2c(F)c(Oc3c(F)ccc(N)c3F)c(C(F)(F)F)c(F)c2C(F)(F)F)c1F. The van der Waals surface area contributed by atoms with Gasteiger partial charge in [-0.25, -0.2) is 22.0 Å². The van der Waals surface area contributed by atoms with Crippen LogP contribution in [-0.2, 0) is 12.4 Å². The maximum atomic E-state index is 15.2. The molecule has 0 amide bonds. The first-order valence-corrected chi connectivity index (χ1v) is 8.98. The molecule has 0 aliphatic carbocycles. The molecule has 0 heterocycles. The van der Waals surface area contributed by atoms with Crippen LogP contribution < -0.4 is 20.9 Å². The highest BCUT2D eigenvalue weighted by molar-refractivity contribution is 5.57. The molecule has 0 radical (unpaired) electrons. The van der Waals surface area contributed by atoms with Crippen LogP contribution in [0, 0.1) is 34.9 Å². The van der Waals surface area contributed by atoms with Crippen LogP contribution in [-0.4, -0.2) is 0 Å². The van der Waals surface area contributed by atoms with Crippen molar-refractivity contribution in [2.75, 3.05) is 11.5 Å². The fourth-order valence-electron chi connectivity index (χ4n) is 2.83. The highest BCUT2D eigenvalue weighted by atomic mass is 19.4. The molecule has 0 fully saturated rings. The summed E-state index contributed by atoms with van der Waals surface area (Å²) in [6.45, 7) is 0. The second kappa shape index (κ2) is 8.91. The molecule has 16 heteroatoms. The van der Waals surface area contributed by atoms with Crippen LogP contribution in [0.15, 0.2) is 24.3 Å². The summed E-state index contributed by atoms with van der Waals surface area (Å²) in [4.78, 5) is 0. The minimum Gasteiger partial charge on any atom is -0.447 e. The number of hydrogen-bond acceptors (Lipinski definition) is 4. The molecule has 0 spiro atoms. The number of rotatable bonds is 4. The van der Waals surface area contributed by atoms with Crippen molar-refractivity contribution < 1.29 is 62.2 Å². The van der Waals surface area contributed by atoms with Crippen molar-refractivity contribution in [1.29, 1.82) is 0 Å². The van der Waals surface area contributed by atoms with Crippen LogP contribution in [0.4, 0.5) is 64.1 Å². The number of ether oxygens (including phenoxy) is 2. The fraction of sp³-hybridized carbons (Fsp3) is 0.100. The van der Waals surface area contributed by atoms with Crippen molar-refractivity contribution in [3.63, 3.8) is 0 Å². The summed E-state index contributed by atoms with van der Waals surface area (Å²) >= 11 is 0. The Morgan fingerprint density at radius 3 is 1.11 bits per heavy atom. The second-order valence-corrected chi connectivity index (χ2v) is 6.80. The molecule has 3 aromatic rings. The van der Waals surface area contributed by atoms with E-state index in [2.05, 4.69) is 9.47 Å². The van der Waals surface area contributed by atoms with Gasteiger partial charge in [0.2, 0.25) is 17.3 Å². The molecular weight excluding hydrogens is 528 g/mol. The average Bonchev–Trinajstić information content (AvgIpc) is 2.74. The Hall–Kier alpha value is -3.98. The Bertz CT molecular complexity index is 1250. The summed E-state index contributed by atoms with van der Waals surface area (Å²) < 4.78 is 176. The van der Waals surface area contributed by atoms with Crippen LogP contribution in [0.5, 0.6) is 23.0 Å². The third-order valence-electron chi connectivity index (χ3n) is 4.42. The quantitative estimate of drug-likeness (QED) is 0.271. The van der Waals surface area contributed by atoms with E-state index in [9.17, 15) is 48.3 Å². The maximum absolute atomic E-state index is 15.2. The minimum atomic E-state index is -6.17. The smallest absolute Gasteiger partial charge is 0.422 e. The zero-order chi connectivity index (χ0) is 27.3. The Morgan fingerprint density at radius 2 is 0.806 bits per heavy atom. The predicted octanol–water partition coefficient (Wildman–Crippen LogP) is 7.31. The van der Waals surface area contributed by atoms with Crippen LogP contribution in [0.25, 0.3) is 0 Å². The zero-order valence-electron chi connectivity index (χ0n) is 16.8. The van der Waals surface area contributed by atoms with Crippen molar-refractivity contribution in [3.05, 3.63) is 70.3 Å². The third-order valence-corrected chi connectivity index (χ3v) is 4.42. The molecule has 3 aromatic carbocycles. The van der Waals surface area contributed by atoms with Gasteiger partial charge in [-0.2, -0.15) is 30.7 Å². The monoisotopic (exact) mass is 536 g/mol. The highest BCUT2D eigenvalue weighted by Crippen LogP contribution is 2.52. The van der Waals surface area contributed by atoms with Gasteiger partial charge in [0.1, 0.15) is 11.1 Å². The summed E-state index contributed by atoms with van der Waals surface area (Å²) in [6, 6.07) is 1.78. The Labute approximate surface area is 191 Å². The molecule has 194 valence electrons. The topological polar surface area (TPSA) is 70.5 Å². The molecule has 36 heavy (non-hydrogen) atoms. The molecule has 4 N–H and O–H groups in total. The number of nitrogens with two attached hydrogens (primary N) is 2. The summed E-state index contributed by atoms with van der Waals surface area (Å²) in [5.41, 5.74) is 2.10. The van der Waals surface area contributed by atoms with Gasteiger partial charge in [0, 0.05) is 0 Å². The first kappa shape index (κ1) is 26.6. The van der Waals surface area contributed by atoms with E-state index >= 15 is 4.39 Å². The van der Waals surface area contributed by atoms with Crippen LogP contribution in [0.3, 0.4) is 0 Å². The Kier molecular flexibility index (Phi) is 6.59. The first-order valence-electron chi connectivity index (χ1n) is 8.98. The van der Waals surface area contributed by atoms with Gasteiger partial charge in [0.15, 0.2) is 40.6 Å². The normalized spacial score (nSPS) is 12.1. The molecule has 0 aliphatic rings. The van der Waals surface area contributed by atoms with E-state index in [-0.39, 0.29) is 0 Å². The number of anilines is 2. The first-order chi connectivity index (χ1) is 16.5. The average molecular weight is 536 g/mol. The summed E-state index contributed by atoms with van der Waals surface area (Å²) in [6.07, 6.45) is -12.3. The van der Waals surface area contributed by atoms with Crippen molar-refractivity contribution in [3.8, 4) is 23.0 Å². The van der Waals surface area contributed by atoms with Gasteiger partial charge < -0.3 is 20.9 Å². The summed E-state index contributed by atoms with van der Waals surface area (Å²) in [5.74, 6) is -22.6. The molecule has 0 unspecified atom stereocenters. The maximum Gasteiger partial charge on any atom is 0.422 e. The standard InChI is InChI=1S/C20H8F12N2O2/c21-5-1-3-7(33)11(23)15(5)35-17-9(19(27,28)29)13(25)10(20(30,31)32)18(14(17)26)36-16-6(22)2-4-8(34)12(16)24/h1-4H,33-34H2. The van der Waals surface area contributed by atoms with Crippen molar-refractivity contribution in [2.24, 2.45) is 0 Å². The van der Waals surface area contributed by atoms with Crippen molar-refractivity contribution >= 4 is 11.4 Å². The molecule has 4 nitrogen and oxygen atoms in total. The molecule has 3 rings (SSSR count). The second-order valence-electron chi connectivity index (χ2n) is 6.80. The highest BCUT2D eigenvalue weighted by Gasteiger charge is 2.50. The number of hydrogen-bond donors (Lipinski definition) is 2. The number of nitrogen functional groups attached to an aromatic ring is 2. The Balaban J connectivity index is 2.44. The minimum absolute atomic E-state index is 0.328. The van der Waals surface area contributed by atoms with Crippen molar-refractivity contribution in [1.82, 2.24) is 0 Å². The van der Waals surface area contributed by atoms with Gasteiger partial charge in [-0.15, -0.1) is 0 Å². The van der Waals surface area contributed by atoms with E-state index < -0.39 is 92.8 Å². The lowest BCUT2D eigenvalue weighted by atomic mass is 10.0. The van der Waals surface area contributed by atoms with E-state index in [1.165, 1.54) is 0 Å². The molecule has 0 bridgehead atoms. The van der Waals surface area contributed by atoms with Crippen molar-refractivity contribution in [2.45, 2.75) is 12.4 Å². The Morgan fingerprint density at radius 1 is 0.472 bits per heavy atom. The summed E-state index contributed by atoms with van der Waals surface area (Å²) in [7, 11) is 0. The van der Waals surface area contributed by atoms with Gasteiger partial charge in [-0.05, 0) is 24.3 Å². The fourth-order valence-corrected chi connectivity index (χ4v) is 2.83. The number of benzene rings is 3. The zero-order valence-corrected chi connectivity index (χ0v) is 16.8. The largest absolute Gasteiger partial charge is 0.447 e. The predicted molar refractivity (Wildman–Crippen MR) is 98.1 cm³/mol. The molecule has 0 saturated heterocycles. The molecule has 0 aromatic heterocycles. The molecule has 0 saturated carbocycles. The lowest BCUT2D eigenvalue weighted by Crippen LogP contribution is -2.20. The van der Waals surface area contributed by atoms with Gasteiger partial charge >= 0.3 is 12.4 Å². The van der Waals surface area contributed by atoms with E-state index in [0.29, 0.717) is 24.3 Å². The van der Waals surface area contributed by atoms with E-state index in [4.69, 9.17) is 11.5 Å². The number of alkyl halides is 6. The van der Waals surface area contributed by atoms with Gasteiger partial charge in [0.05, 0.1) is 11.4 Å². The van der Waals surface area contributed by atoms with E-state index in [1.54, 1.807) is 0 Å². The van der Waals surface area contributed by atoms with Gasteiger partial charge in [0.25, 0.3) is 0 Å². The number of halogens is 12. The van der Waals surface area contributed by atoms with E-state index in [1.807, 2.05) is 0 Å². The molecule has 0 atom stereocenters.